The molecule has 1 aliphatic rings. The first-order valence-electron chi connectivity index (χ1n) is 9.32. The van der Waals surface area contributed by atoms with Crippen molar-refractivity contribution < 1.29 is 28.2 Å². The molecule has 13 heteroatoms. The summed E-state index contributed by atoms with van der Waals surface area (Å²) in [5.41, 5.74) is 5.81. The fourth-order valence-electron chi connectivity index (χ4n) is 3.03. The van der Waals surface area contributed by atoms with E-state index in [2.05, 4.69) is 20.0 Å². The summed E-state index contributed by atoms with van der Waals surface area (Å²) < 4.78 is 29.2. The Morgan fingerprint density at radius 1 is 1.34 bits per heavy atom. The van der Waals surface area contributed by atoms with Crippen LogP contribution in [0.1, 0.15) is 29.5 Å². The number of benzene rings is 1. The molecule has 2 heterocycles. The van der Waals surface area contributed by atoms with E-state index in [0.29, 0.717) is 12.0 Å². The van der Waals surface area contributed by atoms with Crippen molar-refractivity contribution in [2.45, 2.75) is 31.7 Å². The Morgan fingerprint density at radius 2 is 2.03 bits per heavy atom. The number of ether oxygens (including phenoxy) is 1. The average Bonchev–Trinajstić information content (AvgIpc) is 2.70. The van der Waals surface area contributed by atoms with Crippen LogP contribution in [0.4, 0.5) is 8.78 Å². The van der Waals surface area contributed by atoms with Crippen LogP contribution >= 0.6 is 11.6 Å². The lowest BCUT2D eigenvalue weighted by atomic mass is 9.99. The Labute approximate surface area is 185 Å². The number of hydrogen-bond acceptors (Lipinski definition) is 7. The van der Waals surface area contributed by atoms with E-state index < -0.39 is 30.6 Å². The van der Waals surface area contributed by atoms with Gasteiger partial charge >= 0.3 is 6.61 Å². The van der Waals surface area contributed by atoms with Crippen molar-refractivity contribution in [1.29, 1.82) is 5.41 Å². The van der Waals surface area contributed by atoms with Gasteiger partial charge in [0.25, 0.3) is 5.91 Å². The highest BCUT2D eigenvalue weighted by atomic mass is 35.5. The number of nitrogen functional groups attached to an aromatic ring is 1. The number of carbonyl (C=O) groups excluding carboxylic acids is 2. The second-order valence-corrected chi connectivity index (χ2v) is 7.32. The highest BCUT2D eigenvalue weighted by Crippen LogP contribution is 2.29. The number of alkyl halides is 2. The van der Waals surface area contributed by atoms with Crippen molar-refractivity contribution in [2.75, 3.05) is 6.54 Å². The number of likely N-dealkylation sites (tertiary alicyclic amines) is 1. The summed E-state index contributed by atoms with van der Waals surface area (Å²) in [6.45, 7) is -2.77. The number of aliphatic hydroxyl groups excluding tert-OH is 1. The largest absolute Gasteiger partial charge is 0.435 e. The summed E-state index contributed by atoms with van der Waals surface area (Å²) >= 11 is 5.86. The standard InChI is InChI=1S/C19H19ClF2N6O4/c20-11-3-10(4-12(5-11)32-19(21)22)14(29)18(31)28-2-1-13(28)17(30)27-8-9-6-25-16(15(23)24)26-7-9/h3-7,13-14,19,29H,1-2,8H2,(H3,23,24)(H,27,30). The number of nitrogens with one attached hydrogen (secondary N) is 2. The van der Waals surface area contributed by atoms with Crippen LogP contribution in [0, 0.1) is 5.41 Å². The molecule has 0 spiro atoms. The average molecular weight is 469 g/mol. The number of halogens is 3. The maximum absolute atomic E-state index is 12.7. The Hall–Kier alpha value is -3.38. The maximum Gasteiger partial charge on any atom is 0.387 e. The predicted octanol–water partition coefficient (Wildman–Crippen LogP) is 0.966. The normalized spacial score (nSPS) is 16.3. The van der Waals surface area contributed by atoms with E-state index in [0.717, 1.165) is 12.1 Å². The molecular weight excluding hydrogens is 450 g/mol. The van der Waals surface area contributed by atoms with E-state index in [9.17, 15) is 23.5 Å². The summed E-state index contributed by atoms with van der Waals surface area (Å²) in [7, 11) is 0. The second-order valence-electron chi connectivity index (χ2n) is 6.88. The van der Waals surface area contributed by atoms with Gasteiger partial charge in [-0.3, -0.25) is 15.0 Å². The number of amides is 2. The highest BCUT2D eigenvalue weighted by molar-refractivity contribution is 6.30. The fraction of sp³-hybridized carbons (Fsp3) is 0.316. The molecule has 5 N–H and O–H groups in total. The SMILES string of the molecule is N=C(N)c1ncc(CNC(=O)C2CCN2C(=O)C(O)c2cc(Cl)cc(OC(F)F)c2)cn1. The van der Waals surface area contributed by atoms with Gasteiger partial charge in [-0.05, 0) is 30.2 Å². The van der Waals surface area contributed by atoms with Crippen LogP contribution in [0.15, 0.2) is 30.6 Å². The van der Waals surface area contributed by atoms with Gasteiger partial charge in [-0.15, -0.1) is 0 Å². The molecule has 1 aromatic carbocycles. The number of hydrogen-bond donors (Lipinski definition) is 4. The number of nitrogens with zero attached hydrogens (tertiary/aromatic N) is 3. The van der Waals surface area contributed by atoms with E-state index in [1.54, 1.807) is 0 Å². The zero-order valence-corrected chi connectivity index (χ0v) is 17.2. The first-order chi connectivity index (χ1) is 15.2. The van der Waals surface area contributed by atoms with Gasteiger partial charge in [-0.1, -0.05) is 11.6 Å². The monoisotopic (exact) mass is 468 g/mol. The summed E-state index contributed by atoms with van der Waals surface area (Å²) in [6, 6.07) is 2.66. The lowest BCUT2D eigenvalue weighted by Gasteiger charge is -2.40. The smallest absolute Gasteiger partial charge is 0.387 e. The van der Waals surface area contributed by atoms with Crippen molar-refractivity contribution in [3.8, 4) is 5.75 Å². The third kappa shape index (κ3) is 5.45. The minimum absolute atomic E-state index is 0.000845. The molecule has 2 aromatic rings. The summed E-state index contributed by atoms with van der Waals surface area (Å²) in [5, 5.41) is 20.3. The molecule has 2 amide bonds. The molecule has 0 saturated carbocycles. The van der Waals surface area contributed by atoms with Crippen LogP contribution in [0.5, 0.6) is 5.75 Å². The van der Waals surface area contributed by atoms with E-state index in [1.807, 2.05) is 0 Å². The van der Waals surface area contributed by atoms with Gasteiger partial charge in [-0.2, -0.15) is 8.78 Å². The van der Waals surface area contributed by atoms with Gasteiger partial charge in [0.15, 0.2) is 17.8 Å². The van der Waals surface area contributed by atoms with Crippen LogP contribution in [0.25, 0.3) is 0 Å². The molecule has 0 bridgehead atoms. The minimum atomic E-state index is -3.10. The Kier molecular flexibility index (Phi) is 7.15. The fourth-order valence-corrected chi connectivity index (χ4v) is 3.26. The summed E-state index contributed by atoms with van der Waals surface area (Å²) in [5.74, 6) is -1.73. The molecule has 2 unspecified atom stereocenters. The Balaban J connectivity index is 1.61. The first-order valence-corrected chi connectivity index (χ1v) is 9.70. The number of aliphatic hydroxyl groups is 1. The van der Waals surface area contributed by atoms with Crippen LogP contribution < -0.4 is 15.8 Å². The molecule has 1 fully saturated rings. The van der Waals surface area contributed by atoms with Gasteiger partial charge in [0.1, 0.15) is 11.8 Å². The number of aromatic nitrogens is 2. The van der Waals surface area contributed by atoms with Crippen LogP contribution in [-0.4, -0.2) is 56.8 Å². The van der Waals surface area contributed by atoms with Crippen LogP contribution in [0.2, 0.25) is 5.02 Å². The van der Waals surface area contributed by atoms with Crippen molar-refractivity contribution in [3.63, 3.8) is 0 Å². The van der Waals surface area contributed by atoms with Gasteiger partial charge in [0.05, 0.1) is 0 Å². The van der Waals surface area contributed by atoms with E-state index in [1.165, 1.54) is 23.4 Å². The van der Waals surface area contributed by atoms with Crippen molar-refractivity contribution >= 4 is 29.3 Å². The number of rotatable bonds is 8. The molecule has 1 saturated heterocycles. The van der Waals surface area contributed by atoms with Crippen molar-refractivity contribution in [3.05, 3.63) is 52.6 Å². The molecule has 0 radical (unpaired) electrons. The van der Waals surface area contributed by atoms with Gasteiger partial charge < -0.3 is 25.8 Å². The maximum atomic E-state index is 12.7. The van der Waals surface area contributed by atoms with Gasteiger partial charge in [0, 0.05) is 36.1 Å². The molecule has 32 heavy (non-hydrogen) atoms. The van der Waals surface area contributed by atoms with Crippen LogP contribution in [-0.2, 0) is 16.1 Å². The first kappa shape index (κ1) is 23.3. The zero-order valence-electron chi connectivity index (χ0n) is 16.5. The van der Waals surface area contributed by atoms with E-state index in [-0.39, 0.29) is 41.1 Å². The molecule has 1 aromatic heterocycles. The van der Waals surface area contributed by atoms with Gasteiger partial charge in [0.2, 0.25) is 5.91 Å². The topological polar surface area (TPSA) is 155 Å². The lowest BCUT2D eigenvalue weighted by molar-refractivity contribution is -0.154. The van der Waals surface area contributed by atoms with Crippen molar-refractivity contribution in [2.24, 2.45) is 5.73 Å². The van der Waals surface area contributed by atoms with Crippen LogP contribution in [0.3, 0.4) is 0 Å². The van der Waals surface area contributed by atoms with E-state index in [4.69, 9.17) is 22.7 Å². The molecule has 1 aliphatic heterocycles. The molecule has 170 valence electrons. The molecular formula is C19H19ClF2N6O4. The molecule has 10 nitrogen and oxygen atoms in total. The Bertz CT molecular complexity index is 1020. The quantitative estimate of drug-likeness (QED) is 0.332. The molecule has 0 aliphatic carbocycles. The number of carbonyl (C=O) groups is 2. The lowest BCUT2D eigenvalue weighted by Crippen LogP contribution is -2.59. The summed E-state index contributed by atoms with van der Waals surface area (Å²) in [4.78, 5) is 34.1. The third-order valence-corrected chi connectivity index (χ3v) is 4.91. The van der Waals surface area contributed by atoms with Gasteiger partial charge in [-0.25, -0.2) is 9.97 Å². The molecule has 2 atom stereocenters. The second kappa shape index (κ2) is 9.83. The predicted molar refractivity (Wildman–Crippen MR) is 108 cm³/mol. The summed E-state index contributed by atoms with van der Waals surface area (Å²) in [6.07, 6.45) is 1.50. The zero-order chi connectivity index (χ0) is 23.4. The number of nitrogens with two attached hydrogens (primary N) is 1. The number of amidine groups is 1. The third-order valence-electron chi connectivity index (χ3n) is 4.69. The molecule has 3 rings (SSSR count). The minimum Gasteiger partial charge on any atom is -0.435 e. The Morgan fingerprint density at radius 3 is 2.59 bits per heavy atom. The van der Waals surface area contributed by atoms with E-state index >= 15 is 0 Å². The van der Waals surface area contributed by atoms with Crippen molar-refractivity contribution in [1.82, 2.24) is 20.2 Å². The highest BCUT2D eigenvalue weighted by Gasteiger charge is 2.40.